The Morgan fingerprint density at radius 3 is 1.85 bits per heavy atom. The van der Waals surface area contributed by atoms with Gasteiger partial charge in [-0.05, 0) is 37.2 Å². The molecule has 46 heavy (non-hydrogen) atoms. The Morgan fingerprint density at radius 1 is 0.783 bits per heavy atom. The summed E-state index contributed by atoms with van der Waals surface area (Å²) in [5.74, 6) is -3.90. The normalized spacial score (nSPS) is 14.9. The second-order valence-corrected chi connectivity index (χ2v) is 13.7. The van der Waals surface area contributed by atoms with Gasteiger partial charge in [-0.3, -0.25) is 28.8 Å². The quantitative estimate of drug-likeness (QED) is 0.0787. The number of primary amides is 1. The minimum Gasteiger partial charge on any atom is -0.394 e. The zero-order valence-corrected chi connectivity index (χ0v) is 28.4. The van der Waals surface area contributed by atoms with E-state index in [0.717, 1.165) is 18.5 Å². The van der Waals surface area contributed by atoms with Crippen molar-refractivity contribution >= 4 is 35.4 Å². The van der Waals surface area contributed by atoms with E-state index < -0.39 is 77.7 Å². The number of carbonyl (C=O) groups is 6. The Labute approximate surface area is 272 Å². The lowest BCUT2D eigenvalue weighted by molar-refractivity contribution is -0.870. The number of rotatable bonds is 18. The fraction of sp³-hybridized carbons (Fsp3) is 0.625. The van der Waals surface area contributed by atoms with Crippen LogP contribution in [0.3, 0.4) is 0 Å². The molecule has 0 radical (unpaired) electrons. The summed E-state index contributed by atoms with van der Waals surface area (Å²) in [7, 11) is 6.11. The Hall–Kier alpha value is -4.04. The molecule has 0 aliphatic heterocycles. The molecule has 1 aromatic rings. The molecule has 1 aromatic carbocycles. The third-order valence-corrected chi connectivity index (χ3v) is 7.19. The van der Waals surface area contributed by atoms with Gasteiger partial charge in [0.25, 0.3) is 0 Å². The highest BCUT2D eigenvalue weighted by Crippen LogP contribution is 2.20. The van der Waals surface area contributed by atoms with Crippen molar-refractivity contribution in [3.63, 3.8) is 0 Å². The van der Waals surface area contributed by atoms with E-state index in [2.05, 4.69) is 26.6 Å². The predicted octanol–water partition coefficient (Wildman–Crippen LogP) is -0.907. The molecule has 1 rings (SSSR count). The molecule has 5 atom stereocenters. The zero-order chi connectivity index (χ0) is 35.2. The Bertz CT molecular complexity index is 1200. The van der Waals surface area contributed by atoms with E-state index in [4.69, 9.17) is 5.73 Å². The first-order valence-corrected chi connectivity index (χ1v) is 15.5. The second kappa shape index (κ2) is 18.2. The van der Waals surface area contributed by atoms with E-state index >= 15 is 0 Å². The first-order chi connectivity index (χ1) is 21.2. The Morgan fingerprint density at radius 2 is 1.35 bits per heavy atom. The summed E-state index contributed by atoms with van der Waals surface area (Å²) in [4.78, 5) is 76.5. The van der Waals surface area contributed by atoms with Gasteiger partial charge in [-0.25, -0.2) is 0 Å². The van der Waals surface area contributed by atoms with Gasteiger partial charge in [0.05, 0.1) is 34.3 Å². The fourth-order valence-electron chi connectivity index (χ4n) is 4.56. The van der Waals surface area contributed by atoms with Crippen molar-refractivity contribution in [2.75, 3.05) is 34.3 Å². The van der Waals surface area contributed by atoms with E-state index in [1.54, 1.807) is 20.8 Å². The van der Waals surface area contributed by atoms with Crippen LogP contribution in [0.2, 0.25) is 0 Å². The number of hydrogen-bond acceptors (Lipinski definition) is 7. The standard InChI is InChI=1S/C32H53N7O7/c1-20(34-30(45)24(35-21(2)41)18-22-14-10-9-11-15-22)28(43)38-26(32(3,4)5)31(46)36-23(16-12-13-17-39(6,7)8)29(44)37-25(19-40)27(33)42/h9-11,14-15,20,23-26,40H,12-13,16-19H2,1-8H3,(H6-,33,34,35,36,37,38,41,42,43,44,45,46)/p+1/t20-,23-,24-,25-,26+/m0/s1. The van der Waals surface area contributed by atoms with Crippen LogP contribution in [0, 0.1) is 5.41 Å². The predicted molar refractivity (Wildman–Crippen MR) is 174 cm³/mol. The number of aliphatic hydroxyl groups excluding tert-OH is 1. The van der Waals surface area contributed by atoms with E-state index in [1.165, 1.54) is 13.8 Å². The molecule has 0 unspecified atom stereocenters. The smallest absolute Gasteiger partial charge is 0.243 e. The second-order valence-electron chi connectivity index (χ2n) is 13.7. The average molecular weight is 649 g/mol. The molecule has 0 aliphatic rings. The fourth-order valence-corrected chi connectivity index (χ4v) is 4.56. The number of amides is 6. The molecule has 8 N–H and O–H groups in total. The number of nitrogens with one attached hydrogen (secondary N) is 5. The number of benzene rings is 1. The van der Waals surface area contributed by atoms with Crippen molar-refractivity contribution < 1.29 is 38.4 Å². The maximum absolute atomic E-state index is 13.6. The first kappa shape index (κ1) is 40.0. The lowest BCUT2D eigenvalue weighted by Crippen LogP contribution is -2.61. The summed E-state index contributed by atoms with van der Waals surface area (Å²) in [5, 5.41) is 22.5. The summed E-state index contributed by atoms with van der Waals surface area (Å²) in [5.41, 5.74) is 5.27. The van der Waals surface area contributed by atoms with Crippen LogP contribution in [0.5, 0.6) is 0 Å². The van der Waals surface area contributed by atoms with Crippen LogP contribution in [0.4, 0.5) is 0 Å². The molecule has 14 heteroatoms. The Kier molecular flexibility index (Phi) is 15.8. The molecule has 258 valence electrons. The number of nitrogens with zero attached hydrogens (tertiary/aromatic N) is 1. The van der Waals surface area contributed by atoms with Crippen LogP contribution >= 0.6 is 0 Å². The number of aliphatic hydroxyl groups is 1. The highest BCUT2D eigenvalue weighted by molar-refractivity contribution is 5.96. The SMILES string of the molecule is CC(=O)N[C@@H](Cc1ccccc1)C(=O)N[C@@H](C)C(=O)N[C@H](C(=O)N[C@@H](CCCC[N+](C)(C)C)C(=O)N[C@@H](CO)C(N)=O)C(C)(C)C. The van der Waals surface area contributed by atoms with Crippen molar-refractivity contribution in [3.8, 4) is 0 Å². The summed E-state index contributed by atoms with van der Waals surface area (Å²) >= 11 is 0. The topological polar surface area (TPSA) is 209 Å². The van der Waals surface area contributed by atoms with Crippen LogP contribution < -0.4 is 32.3 Å². The number of carbonyl (C=O) groups excluding carboxylic acids is 6. The Balaban J connectivity index is 3.07. The van der Waals surface area contributed by atoms with Gasteiger partial charge in [0.1, 0.15) is 30.2 Å². The van der Waals surface area contributed by atoms with Gasteiger partial charge in [0.2, 0.25) is 35.4 Å². The van der Waals surface area contributed by atoms with E-state index in [1.807, 2.05) is 51.5 Å². The van der Waals surface area contributed by atoms with Gasteiger partial charge >= 0.3 is 0 Å². The molecule has 14 nitrogen and oxygen atoms in total. The van der Waals surface area contributed by atoms with Gasteiger partial charge < -0.3 is 41.9 Å². The van der Waals surface area contributed by atoms with Crippen molar-refractivity contribution in [2.24, 2.45) is 11.1 Å². The van der Waals surface area contributed by atoms with Crippen LogP contribution in [-0.4, -0.2) is 110 Å². The largest absolute Gasteiger partial charge is 0.394 e. The zero-order valence-electron chi connectivity index (χ0n) is 28.4. The highest BCUT2D eigenvalue weighted by Gasteiger charge is 2.37. The number of unbranched alkanes of at least 4 members (excludes halogenated alkanes) is 1. The van der Waals surface area contributed by atoms with Gasteiger partial charge in [-0.1, -0.05) is 51.1 Å². The molecule has 6 amide bonds. The molecular formula is C32H54N7O7+. The third-order valence-electron chi connectivity index (χ3n) is 7.19. The molecule has 0 spiro atoms. The maximum atomic E-state index is 13.6. The van der Waals surface area contributed by atoms with Crippen molar-refractivity contribution in [1.82, 2.24) is 26.6 Å². The molecule has 0 aromatic heterocycles. The first-order valence-electron chi connectivity index (χ1n) is 15.5. The highest BCUT2D eigenvalue weighted by atomic mass is 16.3. The van der Waals surface area contributed by atoms with Crippen molar-refractivity contribution in [2.45, 2.75) is 90.5 Å². The minimum absolute atomic E-state index is 0.207. The van der Waals surface area contributed by atoms with Crippen molar-refractivity contribution in [3.05, 3.63) is 35.9 Å². The summed E-state index contributed by atoms with van der Waals surface area (Å²) in [6.07, 6.45) is 1.77. The van der Waals surface area contributed by atoms with E-state index in [9.17, 15) is 33.9 Å². The lowest BCUT2D eigenvalue weighted by Gasteiger charge is -2.33. The molecule has 0 saturated carbocycles. The molecule has 0 heterocycles. The lowest BCUT2D eigenvalue weighted by atomic mass is 9.85. The van der Waals surface area contributed by atoms with Crippen LogP contribution in [0.15, 0.2) is 30.3 Å². The molecule has 0 fully saturated rings. The van der Waals surface area contributed by atoms with Gasteiger partial charge in [-0.2, -0.15) is 0 Å². The van der Waals surface area contributed by atoms with Crippen LogP contribution in [0.1, 0.15) is 59.4 Å². The number of hydrogen-bond donors (Lipinski definition) is 7. The van der Waals surface area contributed by atoms with Crippen molar-refractivity contribution in [1.29, 1.82) is 0 Å². The average Bonchev–Trinajstić information content (AvgIpc) is 2.94. The van der Waals surface area contributed by atoms with Gasteiger partial charge in [0.15, 0.2) is 0 Å². The van der Waals surface area contributed by atoms with Gasteiger partial charge in [0, 0.05) is 13.3 Å². The summed E-state index contributed by atoms with van der Waals surface area (Å²) in [6.45, 7) is 8.07. The number of quaternary nitrogens is 1. The molecule has 0 aliphatic carbocycles. The summed E-state index contributed by atoms with van der Waals surface area (Å²) in [6, 6.07) is 3.55. The van der Waals surface area contributed by atoms with Crippen LogP contribution in [0.25, 0.3) is 0 Å². The van der Waals surface area contributed by atoms with Crippen LogP contribution in [-0.2, 0) is 35.2 Å². The summed E-state index contributed by atoms with van der Waals surface area (Å²) < 4.78 is 0.710. The monoisotopic (exact) mass is 648 g/mol. The minimum atomic E-state index is -1.33. The molecule has 0 saturated heterocycles. The van der Waals surface area contributed by atoms with E-state index in [0.29, 0.717) is 10.9 Å². The van der Waals surface area contributed by atoms with E-state index in [-0.39, 0.29) is 12.8 Å². The molecular weight excluding hydrogens is 594 g/mol. The van der Waals surface area contributed by atoms with Gasteiger partial charge in [-0.15, -0.1) is 0 Å². The number of nitrogens with two attached hydrogens (primary N) is 1. The third kappa shape index (κ3) is 14.8. The molecule has 0 bridgehead atoms. The maximum Gasteiger partial charge on any atom is 0.243 e.